The Hall–Kier alpha value is -1.18. The summed E-state index contributed by atoms with van der Waals surface area (Å²) in [6.45, 7) is 2.01. The highest BCUT2D eigenvalue weighted by Crippen LogP contribution is 2.28. The van der Waals surface area contributed by atoms with E-state index in [-0.39, 0.29) is 5.92 Å². The Morgan fingerprint density at radius 1 is 1.41 bits per heavy atom. The Kier molecular flexibility index (Phi) is 3.93. The molecular formula is C13H11BrN2S. The monoisotopic (exact) mass is 306 g/mol. The van der Waals surface area contributed by atoms with Crippen LogP contribution in [0.4, 0.5) is 0 Å². The van der Waals surface area contributed by atoms with E-state index in [4.69, 9.17) is 5.26 Å². The van der Waals surface area contributed by atoms with Crippen LogP contribution < -0.4 is 0 Å². The molecule has 0 aliphatic rings. The highest BCUT2D eigenvalue weighted by Gasteiger charge is 2.12. The Labute approximate surface area is 113 Å². The average molecular weight is 307 g/mol. The third kappa shape index (κ3) is 2.74. The van der Waals surface area contributed by atoms with Gasteiger partial charge >= 0.3 is 0 Å². The topological polar surface area (TPSA) is 36.7 Å². The number of halogens is 1. The van der Waals surface area contributed by atoms with Crippen molar-refractivity contribution in [3.8, 4) is 16.6 Å². The molecule has 86 valence electrons. The first-order valence-electron chi connectivity index (χ1n) is 5.35. The molecule has 1 heterocycles. The van der Waals surface area contributed by atoms with E-state index in [1.165, 1.54) is 0 Å². The largest absolute Gasteiger partial charge is 0.240 e. The van der Waals surface area contributed by atoms with Gasteiger partial charge in [-0.25, -0.2) is 4.98 Å². The van der Waals surface area contributed by atoms with Crippen LogP contribution in [0.1, 0.15) is 25.0 Å². The molecule has 0 aliphatic heterocycles. The second kappa shape index (κ2) is 5.44. The predicted molar refractivity (Wildman–Crippen MR) is 73.9 cm³/mol. The first-order valence-corrected chi connectivity index (χ1v) is 7.03. The van der Waals surface area contributed by atoms with Crippen molar-refractivity contribution < 1.29 is 0 Å². The lowest BCUT2D eigenvalue weighted by Gasteiger charge is -2.00. The van der Waals surface area contributed by atoms with Crippen molar-refractivity contribution in [3.63, 3.8) is 0 Å². The zero-order valence-corrected chi connectivity index (χ0v) is 11.8. The number of thiazole rings is 1. The van der Waals surface area contributed by atoms with E-state index in [0.717, 1.165) is 27.2 Å². The molecule has 2 aromatic rings. The highest BCUT2D eigenvalue weighted by atomic mass is 79.9. The summed E-state index contributed by atoms with van der Waals surface area (Å²) in [5, 5.41) is 12.0. The molecule has 0 saturated carbocycles. The molecule has 17 heavy (non-hydrogen) atoms. The molecule has 0 fully saturated rings. The minimum absolute atomic E-state index is 0.0875. The standard InChI is InChI=1S/C13H11BrN2S/c1-2-9(7-15)12-8-17-13(16-12)10-3-5-11(14)6-4-10/h3-6,8-9H,2H2,1H3. The molecule has 1 atom stereocenters. The van der Waals surface area contributed by atoms with Crippen LogP contribution in [0.3, 0.4) is 0 Å². The maximum absolute atomic E-state index is 9.00. The number of aromatic nitrogens is 1. The molecule has 0 spiro atoms. The van der Waals surface area contributed by atoms with Gasteiger partial charge in [0.2, 0.25) is 0 Å². The fourth-order valence-electron chi connectivity index (χ4n) is 1.54. The highest BCUT2D eigenvalue weighted by molar-refractivity contribution is 9.10. The summed E-state index contributed by atoms with van der Waals surface area (Å²) in [5.41, 5.74) is 1.98. The van der Waals surface area contributed by atoms with E-state index in [9.17, 15) is 0 Å². The first-order chi connectivity index (χ1) is 8.24. The van der Waals surface area contributed by atoms with E-state index < -0.39 is 0 Å². The molecule has 0 saturated heterocycles. The number of nitrogens with zero attached hydrogens (tertiary/aromatic N) is 2. The zero-order chi connectivity index (χ0) is 12.3. The number of rotatable bonds is 3. The quantitative estimate of drug-likeness (QED) is 0.831. The van der Waals surface area contributed by atoms with E-state index in [0.29, 0.717) is 0 Å². The lowest BCUT2D eigenvalue weighted by Crippen LogP contribution is -1.93. The lowest BCUT2D eigenvalue weighted by atomic mass is 10.1. The molecule has 0 radical (unpaired) electrons. The molecule has 1 unspecified atom stereocenters. The molecule has 0 aliphatic carbocycles. The van der Waals surface area contributed by atoms with Gasteiger partial charge in [0, 0.05) is 15.4 Å². The van der Waals surface area contributed by atoms with Gasteiger partial charge in [-0.15, -0.1) is 11.3 Å². The van der Waals surface area contributed by atoms with Gasteiger partial charge in [-0.3, -0.25) is 0 Å². The number of hydrogen-bond acceptors (Lipinski definition) is 3. The molecule has 1 aromatic heterocycles. The molecular weight excluding hydrogens is 296 g/mol. The Bertz CT molecular complexity index is 539. The summed E-state index contributed by atoms with van der Waals surface area (Å²) < 4.78 is 1.06. The third-order valence-electron chi connectivity index (χ3n) is 2.53. The van der Waals surface area contributed by atoms with Gasteiger partial charge in [0.1, 0.15) is 5.01 Å². The van der Waals surface area contributed by atoms with Crippen molar-refractivity contribution in [3.05, 3.63) is 39.8 Å². The summed E-state index contributed by atoms with van der Waals surface area (Å²) >= 11 is 5.00. The molecule has 1 aromatic carbocycles. The second-order valence-corrected chi connectivity index (χ2v) is 5.45. The van der Waals surface area contributed by atoms with Crippen molar-refractivity contribution in [2.45, 2.75) is 19.3 Å². The SMILES string of the molecule is CCC(C#N)c1csc(-c2ccc(Br)cc2)n1. The third-order valence-corrected chi connectivity index (χ3v) is 3.97. The van der Waals surface area contributed by atoms with Crippen LogP contribution in [-0.4, -0.2) is 4.98 Å². The fourth-order valence-corrected chi connectivity index (χ4v) is 2.68. The van der Waals surface area contributed by atoms with Gasteiger partial charge in [0.15, 0.2) is 0 Å². The Morgan fingerprint density at radius 3 is 2.71 bits per heavy atom. The average Bonchev–Trinajstić information content (AvgIpc) is 2.81. The maximum Gasteiger partial charge on any atom is 0.123 e. The van der Waals surface area contributed by atoms with Gasteiger partial charge < -0.3 is 0 Å². The van der Waals surface area contributed by atoms with Crippen molar-refractivity contribution >= 4 is 27.3 Å². The van der Waals surface area contributed by atoms with Crippen LogP contribution in [0.15, 0.2) is 34.1 Å². The van der Waals surface area contributed by atoms with E-state index in [1.54, 1.807) is 11.3 Å². The van der Waals surface area contributed by atoms with Crippen LogP contribution >= 0.6 is 27.3 Å². The molecule has 2 rings (SSSR count). The first kappa shape index (κ1) is 12.3. The van der Waals surface area contributed by atoms with Gasteiger partial charge in [-0.1, -0.05) is 35.0 Å². The normalized spacial score (nSPS) is 12.1. The maximum atomic E-state index is 9.00. The molecule has 0 N–H and O–H groups in total. The van der Waals surface area contributed by atoms with E-state index in [2.05, 4.69) is 27.0 Å². The van der Waals surface area contributed by atoms with Crippen LogP contribution in [-0.2, 0) is 0 Å². The molecule has 2 nitrogen and oxygen atoms in total. The number of nitriles is 1. The van der Waals surface area contributed by atoms with Crippen LogP contribution in [0.5, 0.6) is 0 Å². The second-order valence-electron chi connectivity index (χ2n) is 3.67. The van der Waals surface area contributed by atoms with Gasteiger partial charge in [0.05, 0.1) is 17.7 Å². The fraction of sp³-hybridized carbons (Fsp3) is 0.231. The smallest absolute Gasteiger partial charge is 0.123 e. The number of hydrogen-bond donors (Lipinski definition) is 0. The molecule has 0 bridgehead atoms. The Morgan fingerprint density at radius 2 is 2.12 bits per heavy atom. The van der Waals surface area contributed by atoms with E-state index >= 15 is 0 Å². The van der Waals surface area contributed by atoms with Gasteiger partial charge in [0.25, 0.3) is 0 Å². The Balaban J connectivity index is 2.30. The minimum Gasteiger partial charge on any atom is -0.240 e. The summed E-state index contributed by atoms with van der Waals surface area (Å²) in [5.74, 6) is -0.0875. The van der Waals surface area contributed by atoms with Crippen LogP contribution in [0, 0.1) is 11.3 Å². The summed E-state index contributed by atoms with van der Waals surface area (Å²) in [4.78, 5) is 4.53. The molecule has 4 heteroatoms. The summed E-state index contributed by atoms with van der Waals surface area (Å²) in [7, 11) is 0. The lowest BCUT2D eigenvalue weighted by molar-refractivity contribution is 0.795. The number of benzene rings is 1. The van der Waals surface area contributed by atoms with Crippen molar-refractivity contribution in [2.75, 3.05) is 0 Å². The zero-order valence-electron chi connectivity index (χ0n) is 9.35. The van der Waals surface area contributed by atoms with Gasteiger partial charge in [-0.2, -0.15) is 5.26 Å². The van der Waals surface area contributed by atoms with Crippen molar-refractivity contribution in [1.82, 2.24) is 4.98 Å². The van der Waals surface area contributed by atoms with Crippen molar-refractivity contribution in [2.24, 2.45) is 0 Å². The van der Waals surface area contributed by atoms with Crippen LogP contribution in [0.2, 0.25) is 0 Å². The van der Waals surface area contributed by atoms with Gasteiger partial charge in [-0.05, 0) is 18.6 Å². The summed E-state index contributed by atoms with van der Waals surface area (Å²) in [6.07, 6.45) is 0.806. The van der Waals surface area contributed by atoms with E-state index in [1.807, 2.05) is 36.6 Å². The minimum atomic E-state index is -0.0875. The predicted octanol–water partition coefficient (Wildman–Crippen LogP) is 4.59. The summed E-state index contributed by atoms with van der Waals surface area (Å²) in [6, 6.07) is 10.3. The molecule has 0 amide bonds. The van der Waals surface area contributed by atoms with Crippen molar-refractivity contribution in [1.29, 1.82) is 5.26 Å². The van der Waals surface area contributed by atoms with Crippen LogP contribution in [0.25, 0.3) is 10.6 Å².